The van der Waals surface area contributed by atoms with Gasteiger partial charge in [-0.2, -0.15) is 0 Å². The number of aryl methyl sites for hydroxylation is 1. The minimum atomic E-state index is -0.263. The molecule has 168 valence electrons. The van der Waals surface area contributed by atoms with Crippen LogP contribution >= 0.6 is 0 Å². The average Bonchev–Trinajstić information content (AvgIpc) is 3.41. The number of furan rings is 1. The van der Waals surface area contributed by atoms with Crippen LogP contribution < -0.4 is 5.56 Å². The maximum Gasteiger partial charge on any atom is 0.252 e. The van der Waals surface area contributed by atoms with Crippen molar-refractivity contribution in [1.82, 2.24) is 30.1 Å². The summed E-state index contributed by atoms with van der Waals surface area (Å²) >= 11 is 0. The van der Waals surface area contributed by atoms with Crippen LogP contribution in [0.1, 0.15) is 62.9 Å². The van der Waals surface area contributed by atoms with Gasteiger partial charge in [0.05, 0.1) is 24.4 Å². The van der Waals surface area contributed by atoms with E-state index < -0.39 is 0 Å². The number of fused-ring (bicyclic) bond motifs is 1. The molecule has 0 bridgehead atoms. The molecular weight excluding hydrogens is 404 g/mol. The second-order valence-corrected chi connectivity index (χ2v) is 9.24. The van der Waals surface area contributed by atoms with E-state index in [9.17, 15) is 4.79 Å². The molecule has 0 aliphatic carbocycles. The van der Waals surface area contributed by atoms with Crippen molar-refractivity contribution in [3.8, 4) is 0 Å². The standard InChI is InChI=1S/C24H30N6O2/c1-6-21(22-26-27-28-30(22)24(3,4)5)29(15-19-8-7-11-32-19)14-18-13-17-10-9-16(2)12-20(17)25-23(18)31/h7-13,21H,6,14-15H2,1-5H3,(H,25,31)/t21-/m1/s1. The molecular formula is C24H30N6O2. The Kier molecular flexibility index (Phi) is 5.97. The number of rotatable bonds is 7. The zero-order valence-electron chi connectivity index (χ0n) is 19.3. The highest BCUT2D eigenvalue weighted by molar-refractivity contribution is 5.79. The van der Waals surface area contributed by atoms with E-state index in [1.54, 1.807) is 6.26 Å². The van der Waals surface area contributed by atoms with Gasteiger partial charge >= 0.3 is 0 Å². The number of hydrogen-bond donors (Lipinski definition) is 1. The highest BCUT2D eigenvalue weighted by atomic mass is 16.3. The van der Waals surface area contributed by atoms with Gasteiger partial charge in [-0.3, -0.25) is 9.69 Å². The second-order valence-electron chi connectivity index (χ2n) is 9.24. The summed E-state index contributed by atoms with van der Waals surface area (Å²) in [6.07, 6.45) is 2.45. The molecule has 4 aromatic rings. The van der Waals surface area contributed by atoms with Crippen LogP contribution in [0.4, 0.5) is 0 Å². The monoisotopic (exact) mass is 434 g/mol. The van der Waals surface area contributed by atoms with Gasteiger partial charge in [-0.05, 0) is 79.8 Å². The Hall–Kier alpha value is -3.26. The summed E-state index contributed by atoms with van der Waals surface area (Å²) in [6, 6.07) is 11.8. The number of nitrogens with one attached hydrogen (secondary N) is 1. The highest BCUT2D eigenvalue weighted by Crippen LogP contribution is 2.29. The molecule has 32 heavy (non-hydrogen) atoms. The van der Waals surface area contributed by atoms with Crippen LogP contribution in [0, 0.1) is 6.92 Å². The van der Waals surface area contributed by atoms with Crippen molar-refractivity contribution in [2.45, 2.75) is 65.7 Å². The summed E-state index contributed by atoms with van der Waals surface area (Å²) in [6.45, 7) is 11.3. The molecule has 3 heterocycles. The molecule has 0 unspecified atom stereocenters. The summed E-state index contributed by atoms with van der Waals surface area (Å²) in [5.74, 6) is 1.60. The Morgan fingerprint density at radius 3 is 2.69 bits per heavy atom. The lowest BCUT2D eigenvalue weighted by atomic mass is 10.1. The number of H-pyrrole nitrogens is 1. The van der Waals surface area contributed by atoms with Crippen molar-refractivity contribution in [2.75, 3.05) is 0 Å². The van der Waals surface area contributed by atoms with Crippen LogP contribution in [-0.4, -0.2) is 30.1 Å². The van der Waals surface area contributed by atoms with E-state index in [1.165, 1.54) is 0 Å². The third-order valence-corrected chi connectivity index (χ3v) is 5.65. The van der Waals surface area contributed by atoms with Crippen LogP contribution in [0.3, 0.4) is 0 Å². The molecule has 8 nitrogen and oxygen atoms in total. The van der Waals surface area contributed by atoms with Crippen LogP contribution in [-0.2, 0) is 18.6 Å². The second kappa shape index (κ2) is 8.70. The maximum absolute atomic E-state index is 13.0. The number of pyridine rings is 1. The van der Waals surface area contributed by atoms with Crippen molar-refractivity contribution < 1.29 is 4.42 Å². The third kappa shape index (κ3) is 4.50. The van der Waals surface area contributed by atoms with Crippen molar-refractivity contribution in [3.63, 3.8) is 0 Å². The topological polar surface area (TPSA) is 92.8 Å². The summed E-state index contributed by atoms with van der Waals surface area (Å²) < 4.78 is 7.50. The molecule has 1 atom stereocenters. The molecule has 4 rings (SSSR count). The van der Waals surface area contributed by atoms with Crippen LogP contribution in [0.25, 0.3) is 10.9 Å². The molecule has 1 N–H and O–H groups in total. The first-order valence-corrected chi connectivity index (χ1v) is 10.9. The molecule has 0 saturated heterocycles. The van der Waals surface area contributed by atoms with Gasteiger partial charge in [0.1, 0.15) is 5.76 Å². The van der Waals surface area contributed by atoms with Gasteiger partial charge in [0.25, 0.3) is 5.56 Å². The number of benzene rings is 1. The fourth-order valence-corrected chi connectivity index (χ4v) is 4.06. The lowest BCUT2D eigenvalue weighted by Crippen LogP contribution is -2.35. The highest BCUT2D eigenvalue weighted by Gasteiger charge is 2.30. The third-order valence-electron chi connectivity index (χ3n) is 5.65. The lowest BCUT2D eigenvalue weighted by Gasteiger charge is -2.31. The van der Waals surface area contributed by atoms with Gasteiger partial charge in [-0.1, -0.05) is 19.1 Å². The number of hydrogen-bond acceptors (Lipinski definition) is 6. The summed E-state index contributed by atoms with van der Waals surface area (Å²) in [5.41, 5.74) is 2.31. The molecule has 8 heteroatoms. The molecule has 0 amide bonds. The first-order chi connectivity index (χ1) is 15.3. The number of tetrazole rings is 1. The Morgan fingerprint density at radius 1 is 1.19 bits per heavy atom. The number of aromatic nitrogens is 5. The maximum atomic E-state index is 13.0. The minimum Gasteiger partial charge on any atom is -0.468 e. The van der Waals surface area contributed by atoms with Gasteiger partial charge in [0.2, 0.25) is 0 Å². The number of aromatic amines is 1. The zero-order valence-corrected chi connectivity index (χ0v) is 19.3. The van der Waals surface area contributed by atoms with Crippen LogP contribution in [0.5, 0.6) is 0 Å². The smallest absolute Gasteiger partial charge is 0.252 e. The quantitative estimate of drug-likeness (QED) is 0.466. The first-order valence-electron chi connectivity index (χ1n) is 10.9. The summed E-state index contributed by atoms with van der Waals surface area (Å²) in [4.78, 5) is 18.2. The van der Waals surface area contributed by atoms with Crippen LogP contribution in [0.15, 0.2) is 51.9 Å². The Labute approximate surface area is 187 Å². The molecule has 0 fully saturated rings. The Bertz CT molecular complexity index is 1250. The van der Waals surface area contributed by atoms with Crippen molar-refractivity contribution in [1.29, 1.82) is 0 Å². The van der Waals surface area contributed by atoms with E-state index in [0.717, 1.165) is 34.5 Å². The zero-order chi connectivity index (χ0) is 22.9. The SMILES string of the molecule is CC[C@H](c1nnnn1C(C)(C)C)N(Cc1ccco1)Cc1cc2ccc(C)cc2[nH]c1=O. The van der Waals surface area contributed by atoms with Crippen molar-refractivity contribution >= 4 is 10.9 Å². The normalized spacial score (nSPS) is 13.2. The molecule has 0 saturated carbocycles. The summed E-state index contributed by atoms with van der Waals surface area (Å²) in [5, 5.41) is 13.6. The van der Waals surface area contributed by atoms with E-state index in [2.05, 4.69) is 59.2 Å². The van der Waals surface area contributed by atoms with E-state index in [1.807, 2.05) is 41.9 Å². The predicted octanol–water partition coefficient (Wildman–Crippen LogP) is 4.32. The predicted molar refractivity (Wildman–Crippen MR) is 123 cm³/mol. The fourth-order valence-electron chi connectivity index (χ4n) is 4.06. The van der Waals surface area contributed by atoms with E-state index in [-0.39, 0.29) is 17.1 Å². The van der Waals surface area contributed by atoms with Gasteiger partial charge in [-0.25, -0.2) is 4.68 Å². The molecule has 0 aliphatic rings. The Balaban J connectivity index is 1.75. The molecule has 0 spiro atoms. The van der Waals surface area contributed by atoms with Crippen molar-refractivity contribution in [3.05, 3.63) is 75.7 Å². The number of nitrogens with zero attached hydrogens (tertiary/aromatic N) is 5. The van der Waals surface area contributed by atoms with Crippen LogP contribution in [0.2, 0.25) is 0 Å². The van der Waals surface area contributed by atoms with E-state index in [4.69, 9.17) is 4.42 Å². The van der Waals surface area contributed by atoms with Gasteiger partial charge in [-0.15, -0.1) is 5.10 Å². The largest absolute Gasteiger partial charge is 0.468 e. The van der Waals surface area contributed by atoms with Gasteiger partial charge in [0, 0.05) is 17.6 Å². The molecule has 3 aromatic heterocycles. The lowest BCUT2D eigenvalue weighted by molar-refractivity contribution is 0.142. The fraction of sp³-hybridized carbons (Fsp3) is 0.417. The molecule has 0 aliphatic heterocycles. The summed E-state index contributed by atoms with van der Waals surface area (Å²) in [7, 11) is 0. The van der Waals surface area contributed by atoms with E-state index >= 15 is 0 Å². The minimum absolute atomic E-state index is 0.0854. The Morgan fingerprint density at radius 2 is 2.00 bits per heavy atom. The average molecular weight is 435 g/mol. The van der Waals surface area contributed by atoms with Gasteiger partial charge in [0.15, 0.2) is 5.82 Å². The molecule has 1 aromatic carbocycles. The van der Waals surface area contributed by atoms with Gasteiger partial charge < -0.3 is 9.40 Å². The van der Waals surface area contributed by atoms with Crippen molar-refractivity contribution in [2.24, 2.45) is 0 Å². The molecule has 0 radical (unpaired) electrons. The first kappa shape index (κ1) is 22.0. The van der Waals surface area contributed by atoms with E-state index in [0.29, 0.717) is 18.7 Å².